The van der Waals surface area contributed by atoms with Crippen LogP contribution in [0.25, 0.3) is 0 Å². The van der Waals surface area contributed by atoms with E-state index in [4.69, 9.17) is 0 Å². The second kappa shape index (κ2) is 8.43. The highest BCUT2D eigenvalue weighted by molar-refractivity contribution is 5.89. The van der Waals surface area contributed by atoms with E-state index in [1.807, 2.05) is 17.0 Å². The lowest BCUT2D eigenvalue weighted by molar-refractivity contribution is 0.105. The minimum atomic E-state index is 0.0361. The van der Waals surface area contributed by atoms with Crippen LogP contribution < -0.4 is 5.32 Å². The number of amides is 2. The predicted octanol–water partition coefficient (Wildman–Crippen LogP) is 4.86. The Morgan fingerprint density at radius 1 is 0.923 bits per heavy atom. The third-order valence-corrected chi connectivity index (χ3v) is 5.94. The Labute approximate surface area is 158 Å². The molecule has 1 aromatic rings. The van der Waals surface area contributed by atoms with Crippen molar-refractivity contribution in [3.05, 3.63) is 29.8 Å². The van der Waals surface area contributed by atoms with E-state index in [1.54, 1.807) is 0 Å². The van der Waals surface area contributed by atoms with Gasteiger partial charge >= 0.3 is 6.03 Å². The molecule has 4 nitrogen and oxygen atoms in total. The van der Waals surface area contributed by atoms with Crippen LogP contribution in [0.15, 0.2) is 24.3 Å². The van der Waals surface area contributed by atoms with Crippen molar-refractivity contribution >= 4 is 11.7 Å². The van der Waals surface area contributed by atoms with E-state index in [0.717, 1.165) is 37.9 Å². The quantitative estimate of drug-likeness (QED) is 0.768. The van der Waals surface area contributed by atoms with Gasteiger partial charge < -0.3 is 10.2 Å². The summed E-state index contributed by atoms with van der Waals surface area (Å²) in [4.78, 5) is 17.2. The molecule has 4 heteroatoms. The van der Waals surface area contributed by atoms with Gasteiger partial charge in [-0.05, 0) is 36.0 Å². The molecule has 1 aliphatic heterocycles. The van der Waals surface area contributed by atoms with Crippen LogP contribution in [0.1, 0.15) is 64.9 Å². The Morgan fingerprint density at radius 3 is 2.04 bits per heavy atom. The number of hydrogen-bond donors (Lipinski definition) is 1. The smallest absolute Gasteiger partial charge is 0.321 e. The summed E-state index contributed by atoms with van der Waals surface area (Å²) in [5.74, 6) is 0. The van der Waals surface area contributed by atoms with Gasteiger partial charge in [-0.25, -0.2) is 4.79 Å². The Kier molecular flexibility index (Phi) is 6.23. The number of piperazine rings is 1. The highest BCUT2D eigenvalue weighted by Gasteiger charge is 2.26. The molecule has 144 valence electrons. The molecule has 2 aliphatic rings. The molecule has 0 bridgehead atoms. The molecule has 0 atom stereocenters. The van der Waals surface area contributed by atoms with Gasteiger partial charge in [-0.15, -0.1) is 0 Å². The molecule has 0 aromatic heterocycles. The summed E-state index contributed by atoms with van der Waals surface area (Å²) in [5, 5.41) is 3.06. The van der Waals surface area contributed by atoms with Crippen LogP contribution in [0, 0.1) is 0 Å². The summed E-state index contributed by atoms with van der Waals surface area (Å²) in [7, 11) is 0. The van der Waals surface area contributed by atoms with E-state index in [0.29, 0.717) is 0 Å². The van der Waals surface area contributed by atoms with Gasteiger partial charge in [0.05, 0.1) is 0 Å². The number of nitrogens with zero attached hydrogens (tertiary/aromatic N) is 2. The van der Waals surface area contributed by atoms with Crippen LogP contribution in [0.5, 0.6) is 0 Å². The van der Waals surface area contributed by atoms with E-state index < -0.39 is 0 Å². The summed E-state index contributed by atoms with van der Waals surface area (Å²) >= 11 is 0. The number of rotatable bonds is 2. The first-order valence-corrected chi connectivity index (χ1v) is 10.3. The SMILES string of the molecule is CC(C)(C)c1ccc(NC(=O)N2CCN(C3CCCCCC3)CC2)cc1. The van der Waals surface area contributed by atoms with Crippen molar-refractivity contribution in [2.75, 3.05) is 31.5 Å². The molecule has 0 unspecified atom stereocenters. The fraction of sp³-hybridized carbons (Fsp3) is 0.682. The Balaban J connectivity index is 1.49. The molecule has 1 aliphatic carbocycles. The number of urea groups is 1. The van der Waals surface area contributed by atoms with Gasteiger partial charge in [0.1, 0.15) is 0 Å². The lowest BCUT2D eigenvalue weighted by Gasteiger charge is -2.39. The minimum Gasteiger partial charge on any atom is -0.322 e. The molecule has 1 N–H and O–H groups in total. The number of carbonyl (C=O) groups is 1. The Hall–Kier alpha value is -1.55. The number of nitrogens with one attached hydrogen (secondary N) is 1. The summed E-state index contributed by atoms with van der Waals surface area (Å²) in [6.45, 7) is 10.3. The van der Waals surface area contributed by atoms with Crippen LogP contribution in [0.2, 0.25) is 0 Å². The second-order valence-corrected chi connectivity index (χ2v) is 8.93. The van der Waals surface area contributed by atoms with Crippen molar-refractivity contribution in [3.8, 4) is 0 Å². The topological polar surface area (TPSA) is 35.6 Å². The number of anilines is 1. The largest absolute Gasteiger partial charge is 0.322 e. The first kappa shape index (κ1) is 19.2. The van der Waals surface area contributed by atoms with Gasteiger partial charge in [0.2, 0.25) is 0 Å². The van der Waals surface area contributed by atoms with E-state index in [2.05, 4.69) is 43.1 Å². The summed E-state index contributed by atoms with van der Waals surface area (Å²) < 4.78 is 0. The van der Waals surface area contributed by atoms with Crippen molar-refractivity contribution < 1.29 is 4.79 Å². The lowest BCUT2D eigenvalue weighted by atomic mass is 9.87. The van der Waals surface area contributed by atoms with Crippen LogP contribution in [0.3, 0.4) is 0 Å². The van der Waals surface area contributed by atoms with Crippen LogP contribution in [-0.4, -0.2) is 48.1 Å². The first-order valence-electron chi connectivity index (χ1n) is 10.3. The van der Waals surface area contributed by atoms with Crippen molar-refractivity contribution in [2.45, 2.75) is 70.8 Å². The fourth-order valence-corrected chi connectivity index (χ4v) is 4.17. The molecule has 2 amide bonds. The molecule has 0 spiro atoms. The molecular formula is C22H35N3O. The third kappa shape index (κ3) is 5.00. The average molecular weight is 358 g/mol. The van der Waals surface area contributed by atoms with Gasteiger partial charge in [0.25, 0.3) is 0 Å². The average Bonchev–Trinajstić information content (AvgIpc) is 2.91. The highest BCUT2D eigenvalue weighted by atomic mass is 16.2. The summed E-state index contributed by atoms with van der Waals surface area (Å²) in [5.41, 5.74) is 2.30. The molecule has 1 aromatic carbocycles. The van der Waals surface area contributed by atoms with Crippen molar-refractivity contribution in [3.63, 3.8) is 0 Å². The van der Waals surface area contributed by atoms with Crippen molar-refractivity contribution in [2.24, 2.45) is 0 Å². The van der Waals surface area contributed by atoms with Crippen LogP contribution >= 0.6 is 0 Å². The maximum absolute atomic E-state index is 12.6. The summed E-state index contributed by atoms with van der Waals surface area (Å²) in [6, 6.07) is 9.03. The van der Waals surface area contributed by atoms with Gasteiger partial charge in [-0.1, -0.05) is 58.6 Å². The summed E-state index contributed by atoms with van der Waals surface area (Å²) in [6.07, 6.45) is 8.21. The maximum atomic E-state index is 12.6. The lowest BCUT2D eigenvalue weighted by Crippen LogP contribution is -2.52. The molecule has 1 saturated heterocycles. The Morgan fingerprint density at radius 2 is 1.50 bits per heavy atom. The van der Waals surface area contributed by atoms with Crippen LogP contribution in [-0.2, 0) is 5.41 Å². The predicted molar refractivity (Wildman–Crippen MR) is 109 cm³/mol. The van der Waals surface area contributed by atoms with E-state index in [1.165, 1.54) is 44.1 Å². The maximum Gasteiger partial charge on any atom is 0.321 e. The minimum absolute atomic E-state index is 0.0361. The number of benzene rings is 1. The fourth-order valence-electron chi connectivity index (χ4n) is 4.17. The zero-order valence-electron chi connectivity index (χ0n) is 16.8. The Bertz CT molecular complexity index is 574. The molecule has 26 heavy (non-hydrogen) atoms. The van der Waals surface area contributed by atoms with Gasteiger partial charge in [-0.2, -0.15) is 0 Å². The highest BCUT2D eigenvalue weighted by Crippen LogP contribution is 2.24. The third-order valence-electron chi connectivity index (χ3n) is 5.94. The number of hydrogen-bond acceptors (Lipinski definition) is 2. The van der Waals surface area contributed by atoms with E-state index in [-0.39, 0.29) is 11.4 Å². The monoisotopic (exact) mass is 357 g/mol. The first-order chi connectivity index (χ1) is 12.4. The molecule has 0 radical (unpaired) electrons. The molecular weight excluding hydrogens is 322 g/mol. The van der Waals surface area contributed by atoms with Gasteiger partial charge in [0.15, 0.2) is 0 Å². The molecule has 1 saturated carbocycles. The molecule has 1 heterocycles. The molecule has 2 fully saturated rings. The van der Waals surface area contributed by atoms with E-state index in [9.17, 15) is 4.79 Å². The molecule has 3 rings (SSSR count). The zero-order valence-corrected chi connectivity index (χ0v) is 16.8. The standard InChI is InChI=1S/C22H35N3O/c1-22(2,3)18-10-12-19(13-11-18)23-21(26)25-16-14-24(15-17-25)20-8-6-4-5-7-9-20/h10-13,20H,4-9,14-17H2,1-3H3,(H,23,26). The van der Waals surface area contributed by atoms with Crippen molar-refractivity contribution in [1.29, 1.82) is 0 Å². The second-order valence-electron chi connectivity index (χ2n) is 8.93. The zero-order chi connectivity index (χ0) is 18.6. The van der Waals surface area contributed by atoms with E-state index >= 15 is 0 Å². The normalized spacial score (nSPS) is 20.7. The number of carbonyl (C=O) groups excluding carboxylic acids is 1. The van der Waals surface area contributed by atoms with Gasteiger partial charge in [0, 0.05) is 37.9 Å². The van der Waals surface area contributed by atoms with Crippen LogP contribution in [0.4, 0.5) is 10.5 Å². The van der Waals surface area contributed by atoms with Gasteiger partial charge in [-0.3, -0.25) is 4.90 Å². The van der Waals surface area contributed by atoms with Crippen molar-refractivity contribution in [1.82, 2.24) is 9.80 Å².